The smallest absolute Gasteiger partial charge is 0.346 e. The van der Waals surface area contributed by atoms with Gasteiger partial charge in [0.1, 0.15) is 0 Å². The monoisotopic (exact) mass is 486 g/mol. The minimum Gasteiger partial charge on any atom is -0.353 e. The maximum Gasteiger partial charge on any atom is 0.346 e. The van der Waals surface area contributed by atoms with Crippen molar-refractivity contribution in [3.63, 3.8) is 0 Å². The standard InChI is InChI=1S/C21H44O8P2/c1-16(2)26-30(22,27-17(3)4)21(31(23,28-18(5)6)29-19(7)8)13-11-15-25-20-12-9-10-14-24-20/h16-21H,9-15H2,1-8H3. The van der Waals surface area contributed by atoms with Crippen molar-refractivity contribution >= 4 is 15.2 Å². The van der Waals surface area contributed by atoms with E-state index in [-0.39, 0.29) is 37.1 Å². The Morgan fingerprint density at radius 1 is 0.774 bits per heavy atom. The van der Waals surface area contributed by atoms with Gasteiger partial charge in [-0.3, -0.25) is 9.13 Å². The van der Waals surface area contributed by atoms with Crippen LogP contribution in [0.4, 0.5) is 0 Å². The normalized spacial score (nSPS) is 18.8. The highest BCUT2D eigenvalue weighted by atomic mass is 31.2. The van der Waals surface area contributed by atoms with Crippen molar-refractivity contribution in [1.82, 2.24) is 0 Å². The predicted molar refractivity (Wildman–Crippen MR) is 123 cm³/mol. The van der Waals surface area contributed by atoms with Crippen molar-refractivity contribution in [3.8, 4) is 0 Å². The summed E-state index contributed by atoms with van der Waals surface area (Å²) >= 11 is 0. The van der Waals surface area contributed by atoms with Crippen LogP contribution in [0.3, 0.4) is 0 Å². The van der Waals surface area contributed by atoms with Gasteiger partial charge in [0.05, 0.1) is 24.4 Å². The lowest BCUT2D eigenvalue weighted by Crippen LogP contribution is -2.25. The first-order chi connectivity index (χ1) is 14.4. The maximum atomic E-state index is 14.0. The molecule has 0 aromatic rings. The summed E-state index contributed by atoms with van der Waals surface area (Å²) < 4.78 is 62.6. The second-order valence-corrected chi connectivity index (χ2v) is 13.6. The van der Waals surface area contributed by atoms with Crippen molar-refractivity contribution in [3.05, 3.63) is 0 Å². The van der Waals surface area contributed by atoms with Crippen molar-refractivity contribution < 1.29 is 36.7 Å². The Morgan fingerprint density at radius 3 is 1.58 bits per heavy atom. The second kappa shape index (κ2) is 13.8. The minimum atomic E-state index is -3.85. The lowest BCUT2D eigenvalue weighted by molar-refractivity contribution is -0.162. The average molecular weight is 487 g/mol. The molecule has 0 bridgehead atoms. The number of ether oxygens (including phenoxy) is 2. The Hall–Kier alpha value is 0.220. The van der Waals surface area contributed by atoms with Gasteiger partial charge in [0.15, 0.2) is 11.7 Å². The van der Waals surface area contributed by atoms with Crippen molar-refractivity contribution in [2.75, 3.05) is 13.2 Å². The van der Waals surface area contributed by atoms with E-state index in [4.69, 9.17) is 27.6 Å². The zero-order valence-electron chi connectivity index (χ0n) is 20.6. The lowest BCUT2D eigenvalue weighted by Gasteiger charge is -2.35. The molecular weight excluding hydrogens is 442 g/mol. The molecule has 0 aromatic carbocycles. The first-order valence-electron chi connectivity index (χ1n) is 11.5. The summed E-state index contributed by atoms with van der Waals surface area (Å²) in [5.41, 5.74) is 0. The zero-order chi connectivity index (χ0) is 23.7. The summed E-state index contributed by atoms with van der Waals surface area (Å²) in [4.78, 5) is 0. The van der Waals surface area contributed by atoms with Crippen LogP contribution in [0.15, 0.2) is 0 Å². The fraction of sp³-hybridized carbons (Fsp3) is 1.00. The van der Waals surface area contributed by atoms with Gasteiger partial charge in [0.2, 0.25) is 0 Å². The minimum absolute atomic E-state index is 0.219. The topological polar surface area (TPSA) is 89.5 Å². The third-order valence-electron chi connectivity index (χ3n) is 4.21. The van der Waals surface area contributed by atoms with Crippen LogP contribution in [0.2, 0.25) is 0 Å². The zero-order valence-corrected chi connectivity index (χ0v) is 22.4. The Bertz CT molecular complexity index is 522. The molecule has 1 aliphatic heterocycles. The van der Waals surface area contributed by atoms with E-state index >= 15 is 0 Å². The van der Waals surface area contributed by atoms with Gasteiger partial charge >= 0.3 is 15.2 Å². The quantitative estimate of drug-likeness (QED) is 0.186. The van der Waals surface area contributed by atoms with Crippen LogP contribution in [0.1, 0.15) is 87.5 Å². The van der Waals surface area contributed by atoms with E-state index in [0.29, 0.717) is 19.6 Å². The van der Waals surface area contributed by atoms with Gasteiger partial charge in [-0.25, -0.2) is 0 Å². The molecule has 0 aliphatic carbocycles. The summed E-state index contributed by atoms with van der Waals surface area (Å²) in [5, 5.41) is -1.05. The molecule has 10 heteroatoms. The van der Waals surface area contributed by atoms with Crippen LogP contribution in [0, 0.1) is 0 Å². The van der Waals surface area contributed by atoms with Gasteiger partial charge in [-0.1, -0.05) is 0 Å². The molecule has 0 spiro atoms. The van der Waals surface area contributed by atoms with Crippen LogP contribution < -0.4 is 0 Å². The molecule has 1 unspecified atom stereocenters. The molecule has 31 heavy (non-hydrogen) atoms. The van der Waals surface area contributed by atoms with E-state index in [2.05, 4.69) is 0 Å². The van der Waals surface area contributed by atoms with Crippen molar-refractivity contribution in [2.45, 2.75) is 124 Å². The van der Waals surface area contributed by atoms with Gasteiger partial charge in [0.25, 0.3) is 0 Å². The Kier molecular flexibility index (Phi) is 13.0. The van der Waals surface area contributed by atoms with E-state index in [1.54, 1.807) is 55.4 Å². The van der Waals surface area contributed by atoms with E-state index < -0.39 is 20.6 Å². The van der Waals surface area contributed by atoms with E-state index in [9.17, 15) is 9.13 Å². The average Bonchev–Trinajstić information content (AvgIpc) is 2.59. The van der Waals surface area contributed by atoms with Gasteiger partial charge in [-0.05, 0) is 87.5 Å². The molecule has 0 saturated carbocycles. The summed E-state index contributed by atoms with van der Waals surface area (Å²) in [6, 6.07) is 0. The molecule has 1 saturated heterocycles. The van der Waals surface area contributed by atoms with Crippen molar-refractivity contribution in [2.24, 2.45) is 0 Å². The second-order valence-electron chi connectivity index (χ2n) is 8.99. The van der Waals surface area contributed by atoms with Crippen LogP contribution >= 0.6 is 15.2 Å². The molecule has 1 aliphatic rings. The number of hydrogen-bond donors (Lipinski definition) is 0. The largest absolute Gasteiger partial charge is 0.353 e. The Morgan fingerprint density at radius 2 is 1.23 bits per heavy atom. The molecule has 1 atom stereocenters. The maximum absolute atomic E-state index is 14.0. The lowest BCUT2D eigenvalue weighted by atomic mass is 10.2. The summed E-state index contributed by atoms with van der Waals surface area (Å²) in [5.74, 6) is 0. The number of rotatable bonds is 15. The SMILES string of the molecule is CC(C)OP(=O)(OC(C)C)C(CCCOC1CCCCO1)P(=O)(OC(C)C)OC(C)C. The first-order valence-corrected chi connectivity index (χ1v) is 14.8. The highest BCUT2D eigenvalue weighted by molar-refractivity contribution is 7.72. The third kappa shape index (κ3) is 10.8. The van der Waals surface area contributed by atoms with E-state index in [1.165, 1.54) is 0 Å². The van der Waals surface area contributed by atoms with Gasteiger partial charge < -0.3 is 27.6 Å². The Balaban J connectivity index is 3.11. The summed E-state index contributed by atoms with van der Waals surface area (Å²) in [6.45, 7) is 15.3. The first kappa shape index (κ1) is 29.3. The molecule has 0 radical (unpaired) electrons. The van der Waals surface area contributed by atoms with Crippen LogP contribution in [-0.2, 0) is 36.7 Å². The van der Waals surface area contributed by atoms with Gasteiger partial charge in [-0.15, -0.1) is 0 Å². The fourth-order valence-electron chi connectivity index (χ4n) is 3.32. The molecule has 8 nitrogen and oxygen atoms in total. The summed E-state index contributed by atoms with van der Waals surface area (Å²) in [6.07, 6.45) is 1.97. The van der Waals surface area contributed by atoms with Crippen LogP contribution in [-0.4, -0.2) is 49.3 Å². The van der Waals surface area contributed by atoms with Crippen molar-refractivity contribution in [1.29, 1.82) is 0 Å². The molecule has 186 valence electrons. The van der Waals surface area contributed by atoms with Crippen LogP contribution in [0.5, 0.6) is 0 Å². The molecule has 0 aromatic heterocycles. The van der Waals surface area contributed by atoms with Gasteiger partial charge in [0, 0.05) is 13.2 Å². The molecule has 0 N–H and O–H groups in total. The molecule has 1 fully saturated rings. The summed E-state index contributed by atoms with van der Waals surface area (Å²) in [7, 11) is -7.70. The van der Waals surface area contributed by atoms with E-state index in [0.717, 1.165) is 19.3 Å². The highest BCUT2D eigenvalue weighted by Crippen LogP contribution is 2.73. The predicted octanol–water partition coefficient (Wildman–Crippen LogP) is 6.72. The van der Waals surface area contributed by atoms with Crippen LogP contribution in [0.25, 0.3) is 0 Å². The molecule has 0 amide bonds. The molecule has 1 heterocycles. The van der Waals surface area contributed by atoms with Gasteiger partial charge in [-0.2, -0.15) is 0 Å². The Labute approximate surface area is 189 Å². The number of hydrogen-bond acceptors (Lipinski definition) is 8. The highest BCUT2D eigenvalue weighted by Gasteiger charge is 2.52. The molecule has 1 rings (SSSR count). The molecular formula is C21H44O8P2. The fourth-order valence-corrected chi connectivity index (χ4v) is 9.37. The third-order valence-corrected chi connectivity index (χ3v) is 10.7. The van der Waals surface area contributed by atoms with E-state index in [1.807, 2.05) is 0 Å².